The molecule has 2 N–H and O–H groups in total. The Morgan fingerprint density at radius 3 is 2.62 bits per heavy atom. The van der Waals surface area contributed by atoms with Gasteiger partial charge in [0.15, 0.2) is 0 Å². The summed E-state index contributed by atoms with van der Waals surface area (Å²) in [6, 6.07) is 11.3. The van der Waals surface area contributed by atoms with Crippen molar-refractivity contribution >= 4 is 5.91 Å². The third-order valence-electron chi connectivity index (χ3n) is 3.22. The predicted molar refractivity (Wildman–Crippen MR) is 83.0 cm³/mol. The number of amides is 1. The van der Waals surface area contributed by atoms with Gasteiger partial charge < -0.3 is 10.4 Å². The van der Waals surface area contributed by atoms with E-state index in [1.165, 1.54) is 0 Å². The van der Waals surface area contributed by atoms with Gasteiger partial charge in [-0.05, 0) is 44.5 Å². The SMILES string of the molecule is Cc1ccc(-c2cccc(C(=O)NC(C)(C)CO)c2)cn1. The van der Waals surface area contributed by atoms with E-state index in [1.54, 1.807) is 26.1 Å². The molecule has 1 aromatic carbocycles. The molecule has 2 aromatic rings. The molecule has 2 rings (SSSR count). The third-order valence-corrected chi connectivity index (χ3v) is 3.22. The van der Waals surface area contributed by atoms with E-state index in [9.17, 15) is 9.90 Å². The molecule has 0 aliphatic heterocycles. The highest BCUT2D eigenvalue weighted by Crippen LogP contribution is 2.20. The van der Waals surface area contributed by atoms with Crippen molar-refractivity contribution in [2.75, 3.05) is 6.61 Å². The van der Waals surface area contributed by atoms with Crippen molar-refractivity contribution in [1.82, 2.24) is 10.3 Å². The van der Waals surface area contributed by atoms with Gasteiger partial charge in [-0.1, -0.05) is 18.2 Å². The van der Waals surface area contributed by atoms with Crippen LogP contribution in [0.5, 0.6) is 0 Å². The Morgan fingerprint density at radius 1 is 1.24 bits per heavy atom. The molecule has 0 fully saturated rings. The van der Waals surface area contributed by atoms with Crippen molar-refractivity contribution in [1.29, 1.82) is 0 Å². The monoisotopic (exact) mass is 284 g/mol. The number of aryl methyl sites for hydroxylation is 1. The highest BCUT2D eigenvalue weighted by Gasteiger charge is 2.20. The van der Waals surface area contributed by atoms with Crippen LogP contribution in [0.25, 0.3) is 11.1 Å². The number of pyridine rings is 1. The fraction of sp³-hybridized carbons (Fsp3) is 0.294. The summed E-state index contributed by atoms with van der Waals surface area (Å²) in [5.74, 6) is -0.198. The largest absolute Gasteiger partial charge is 0.394 e. The summed E-state index contributed by atoms with van der Waals surface area (Å²) in [7, 11) is 0. The Labute approximate surface area is 124 Å². The van der Waals surface area contributed by atoms with Crippen LogP contribution in [0.2, 0.25) is 0 Å². The summed E-state index contributed by atoms with van der Waals surface area (Å²) in [5, 5.41) is 12.0. The summed E-state index contributed by atoms with van der Waals surface area (Å²) in [6.07, 6.45) is 1.80. The molecule has 4 nitrogen and oxygen atoms in total. The van der Waals surface area contributed by atoms with Crippen LogP contribution in [0, 0.1) is 6.92 Å². The van der Waals surface area contributed by atoms with Crippen LogP contribution < -0.4 is 5.32 Å². The first-order valence-electron chi connectivity index (χ1n) is 6.88. The minimum absolute atomic E-state index is 0.111. The zero-order valence-electron chi connectivity index (χ0n) is 12.6. The van der Waals surface area contributed by atoms with Crippen molar-refractivity contribution < 1.29 is 9.90 Å². The molecule has 0 unspecified atom stereocenters. The Hall–Kier alpha value is -2.20. The fourth-order valence-electron chi connectivity index (χ4n) is 1.90. The van der Waals surface area contributed by atoms with E-state index in [1.807, 2.05) is 37.3 Å². The topological polar surface area (TPSA) is 62.2 Å². The lowest BCUT2D eigenvalue weighted by molar-refractivity contribution is 0.0869. The molecule has 21 heavy (non-hydrogen) atoms. The lowest BCUT2D eigenvalue weighted by Crippen LogP contribution is -2.46. The number of nitrogens with one attached hydrogen (secondary N) is 1. The quantitative estimate of drug-likeness (QED) is 0.907. The van der Waals surface area contributed by atoms with Gasteiger partial charge in [0.05, 0.1) is 12.1 Å². The minimum Gasteiger partial charge on any atom is -0.394 e. The van der Waals surface area contributed by atoms with Gasteiger partial charge in [0.25, 0.3) is 5.91 Å². The van der Waals surface area contributed by atoms with Crippen molar-refractivity contribution in [3.8, 4) is 11.1 Å². The maximum atomic E-state index is 12.2. The van der Waals surface area contributed by atoms with Crippen LogP contribution in [0.4, 0.5) is 0 Å². The van der Waals surface area contributed by atoms with Gasteiger partial charge in [0.1, 0.15) is 0 Å². The van der Waals surface area contributed by atoms with Gasteiger partial charge >= 0.3 is 0 Å². The zero-order valence-corrected chi connectivity index (χ0v) is 12.6. The summed E-state index contributed by atoms with van der Waals surface area (Å²) in [6.45, 7) is 5.38. The number of hydrogen-bond acceptors (Lipinski definition) is 3. The summed E-state index contributed by atoms with van der Waals surface area (Å²) < 4.78 is 0. The maximum Gasteiger partial charge on any atom is 0.251 e. The molecule has 1 amide bonds. The summed E-state index contributed by atoms with van der Waals surface area (Å²) >= 11 is 0. The van der Waals surface area contributed by atoms with E-state index >= 15 is 0 Å². The lowest BCUT2D eigenvalue weighted by Gasteiger charge is -2.23. The second kappa shape index (κ2) is 6.06. The van der Waals surface area contributed by atoms with E-state index < -0.39 is 5.54 Å². The Balaban J connectivity index is 2.25. The number of nitrogens with zero attached hydrogens (tertiary/aromatic N) is 1. The van der Waals surface area contributed by atoms with Crippen LogP contribution in [-0.4, -0.2) is 28.1 Å². The highest BCUT2D eigenvalue weighted by atomic mass is 16.3. The third kappa shape index (κ3) is 3.89. The van der Waals surface area contributed by atoms with E-state index in [0.717, 1.165) is 16.8 Å². The Bertz CT molecular complexity index is 633. The minimum atomic E-state index is -0.640. The van der Waals surface area contributed by atoms with E-state index in [-0.39, 0.29) is 12.5 Å². The van der Waals surface area contributed by atoms with Gasteiger partial charge in [-0.25, -0.2) is 0 Å². The molecule has 0 saturated carbocycles. The Kier molecular flexibility index (Phi) is 4.38. The molecular weight excluding hydrogens is 264 g/mol. The van der Waals surface area contributed by atoms with E-state index in [2.05, 4.69) is 10.3 Å². The molecular formula is C17H20N2O2. The summed E-state index contributed by atoms with van der Waals surface area (Å²) in [5.41, 5.74) is 2.79. The average molecular weight is 284 g/mol. The van der Waals surface area contributed by atoms with Crippen LogP contribution in [0.1, 0.15) is 29.9 Å². The number of carbonyl (C=O) groups is 1. The summed E-state index contributed by atoms with van der Waals surface area (Å²) in [4.78, 5) is 16.5. The molecule has 0 bridgehead atoms. The fourth-order valence-corrected chi connectivity index (χ4v) is 1.90. The molecule has 0 radical (unpaired) electrons. The molecule has 4 heteroatoms. The molecule has 1 aromatic heterocycles. The molecule has 0 aliphatic rings. The average Bonchev–Trinajstić information content (AvgIpc) is 2.48. The van der Waals surface area contributed by atoms with Crippen LogP contribution in [0.15, 0.2) is 42.6 Å². The van der Waals surface area contributed by atoms with E-state index in [0.29, 0.717) is 5.56 Å². The number of hydrogen-bond donors (Lipinski definition) is 2. The van der Waals surface area contributed by atoms with Crippen molar-refractivity contribution in [3.63, 3.8) is 0 Å². The molecule has 0 saturated heterocycles. The van der Waals surface area contributed by atoms with Gasteiger partial charge in [-0.15, -0.1) is 0 Å². The normalized spacial score (nSPS) is 11.2. The first kappa shape index (κ1) is 15.2. The smallest absolute Gasteiger partial charge is 0.251 e. The van der Waals surface area contributed by atoms with Gasteiger partial charge in [-0.2, -0.15) is 0 Å². The number of aliphatic hydroxyl groups excluding tert-OH is 1. The van der Waals surface area contributed by atoms with Crippen LogP contribution in [0.3, 0.4) is 0 Å². The standard InChI is InChI=1S/C17H20N2O2/c1-12-7-8-15(10-18-12)13-5-4-6-14(9-13)16(21)19-17(2,3)11-20/h4-10,20H,11H2,1-3H3,(H,19,21). The number of benzene rings is 1. The number of aliphatic hydroxyl groups is 1. The molecule has 0 atom stereocenters. The molecule has 1 heterocycles. The number of aromatic nitrogens is 1. The van der Waals surface area contributed by atoms with E-state index in [4.69, 9.17) is 0 Å². The molecule has 110 valence electrons. The predicted octanol–water partition coefficient (Wildman–Crippen LogP) is 2.56. The number of rotatable bonds is 4. The second-order valence-electron chi connectivity index (χ2n) is 5.77. The van der Waals surface area contributed by atoms with Crippen molar-refractivity contribution in [2.45, 2.75) is 26.3 Å². The molecule has 0 spiro atoms. The van der Waals surface area contributed by atoms with Crippen molar-refractivity contribution in [2.24, 2.45) is 0 Å². The van der Waals surface area contributed by atoms with Gasteiger partial charge in [0, 0.05) is 23.0 Å². The van der Waals surface area contributed by atoms with Crippen LogP contribution >= 0.6 is 0 Å². The number of carbonyl (C=O) groups excluding carboxylic acids is 1. The van der Waals surface area contributed by atoms with Gasteiger partial charge in [0.2, 0.25) is 0 Å². The molecule has 0 aliphatic carbocycles. The van der Waals surface area contributed by atoms with Crippen LogP contribution in [-0.2, 0) is 0 Å². The Morgan fingerprint density at radius 2 is 2.00 bits per heavy atom. The highest BCUT2D eigenvalue weighted by molar-refractivity contribution is 5.95. The lowest BCUT2D eigenvalue weighted by atomic mass is 10.0. The van der Waals surface area contributed by atoms with Gasteiger partial charge in [-0.3, -0.25) is 9.78 Å². The maximum absolute atomic E-state index is 12.2. The first-order chi connectivity index (χ1) is 9.91. The second-order valence-corrected chi connectivity index (χ2v) is 5.77. The zero-order chi connectivity index (χ0) is 15.5. The van der Waals surface area contributed by atoms with Crippen molar-refractivity contribution in [3.05, 3.63) is 53.9 Å². The first-order valence-corrected chi connectivity index (χ1v) is 6.88.